The summed E-state index contributed by atoms with van der Waals surface area (Å²) in [6, 6.07) is 8.10. The SMILES string of the molecule is COc1ccc(CN2Cc3ncnn3C[C@H](C(=O)N3CCCC3)C2)cc1. The number of nitrogens with zero attached hydrogens (tertiary/aromatic N) is 5. The van der Waals surface area contributed by atoms with Crippen molar-refractivity contribution in [3.05, 3.63) is 42.0 Å². The van der Waals surface area contributed by atoms with Gasteiger partial charge in [0.05, 0.1) is 26.1 Å². The minimum Gasteiger partial charge on any atom is -0.497 e. The maximum atomic E-state index is 13.0. The Morgan fingerprint density at radius 3 is 2.69 bits per heavy atom. The molecule has 0 bridgehead atoms. The lowest BCUT2D eigenvalue weighted by Crippen LogP contribution is -2.40. The number of likely N-dealkylation sites (tertiary alicyclic amines) is 1. The Morgan fingerprint density at radius 1 is 1.19 bits per heavy atom. The van der Waals surface area contributed by atoms with Gasteiger partial charge >= 0.3 is 0 Å². The van der Waals surface area contributed by atoms with Crippen LogP contribution in [-0.2, 0) is 24.4 Å². The number of benzene rings is 1. The summed E-state index contributed by atoms with van der Waals surface area (Å²) in [5.41, 5.74) is 1.20. The lowest BCUT2D eigenvalue weighted by atomic mass is 10.1. The van der Waals surface area contributed by atoms with Crippen LogP contribution in [-0.4, -0.2) is 57.2 Å². The Bertz CT molecular complexity index is 752. The smallest absolute Gasteiger partial charge is 0.228 e. The van der Waals surface area contributed by atoms with Gasteiger partial charge in [-0.05, 0) is 30.5 Å². The van der Waals surface area contributed by atoms with Crippen molar-refractivity contribution < 1.29 is 9.53 Å². The minimum atomic E-state index is -0.0747. The summed E-state index contributed by atoms with van der Waals surface area (Å²) in [5, 5.41) is 4.33. The third-order valence-corrected chi connectivity index (χ3v) is 5.26. The highest BCUT2D eigenvalue weighted by Crippen LogP contribution is 2.21. The largest absolute Gasteiger partial charge is 0.497 e. The molecule has 4 rings (SSSR count). The summed E-state index contributed by atoms with van der Waals surface area (Å²) in [5.74, 6) is 1.96. The maximum absolute atomic E-state index is 13.0. The minimum absolute atomic E-state index is 0.0747. The number of carbonyl (C=O) groups is 1. The zero-order chi connectivity index (χ0) is 17.9. The van der Waals surface area contributed by atoms with Crippen molar-refractivity contribution in [2.24, 2.45) is 5.92 Å². The molecular weight excluding hydrogens is 330 g/mol. The predicted molar refractivity (Wildman–Crippen MR) is 96.4 cm³/mol. The summed E-state index contributed by atoms with van der Waals surface area (Å²) in [6.07, 6.45) is 3.81. The fraction of sp³-hybridized carbons (Fsp3) is 0.526. The second-order valence-corrected chi connectivity index (χ2v) is 7.11. The average Bonchev–Trinajstić information content (AvgIpc) is 3.31. The first kappa shape index (κ1) is 17.0. The van der Waals surface area contributed by atoms with E-state index in [0.29, 0.717) is 13.1 Å². The van der Waals surface area contributed by atoms with Crippen LogP contribution in [0.15, 0.2) is 30.6 Å². The summed E-state index contributed by atoms with van der Waals surface area (Å²) < 4.78 is 7.13. The summed E-state index contributed by atoms with van der Waals surface area (Å²) in [6.45, 7) is 4.60. The normalized spacial score (nSPS) is 20.7. The van der Waals surface area contributed by atoms with Gasteiger partial charge in [-0.15, -0.1) is 0 Å². The molecule has 26 heavy (non-hydrogen) atoms. The number of ether oxygens (including phenoxy) is 1. The molecule has 1 amide bonds. The zero-order valence-corrected chi connectivity index (χ0v) is 15.2. The molecule has 0 N–H and O–H groups in total. The van der Waals surface area contributed by atoms with Gasteiger partial charge in [-0.3, -0.25) is 9.69 Å². The van der Waals surface area contributed by atoms with E-state index in [1.807, 2.05) is 21.7 Å². The highest BCUT2D eigenvalue weighted by Gasteiger charge is 2.32. The molecule has 0 unspecified atom stereocenters. The van der Waals surface area contributed by atoms with E-state index in [9.17, 15) is 4.79 Å². The molecule has 0 radical (unpaired) electrons. The molecule has 2 aliphatic heterocycles. The Balaban J connectivity index is 1.52. The van der Waals surface area contributed by atoms with E-state index >= 15 is 0 Å². The van der Waals surface area contributed by atoms with Gasteiger partial charge < -0.3 is 9.64 Å². The summed E-state index contributed by atoms with van der Waals surface area (Å²) >= 11 is 0. The molecule has 1 aromatic carbocycles. The van der Waals surface area contributed by atoms with E-state index in [1.165, 1.54) is 5.56 Å². The average molecular weight is 355 g/mol. The van der Waals surface area contributed by atoms with E-state index in [2.05, 4.69) is 27.1 Å². The molecule has 7 heteroatoms. The molecule has 7 nitrogen and oxygen atoms in total. The molecule has 138 valence electrons. The first-order valence-corrected chi connectivity index (χ1v) is 9.23. The molecular formula is C19H25N5O2. The van der Waals surface area contributed by atoms with Crippen LogP contribution in [0.2, 0.25) is 0 Å². The van der Waals surface area contributed by atoms with Gasteiger partial charge in [-0.2, -0.15) is 5.10 Å². The number of hydrogen-bond acceptors (Lipinski definition) is 5. The monoisotopic (exact) mass is 355 g/mol. The van der Waals surface area contributed by atoms with Gasteiger partial charge in [0.1, 0.15) is 17.9 Å². The van der Waals surface area contributed by atoms with E-state index < -0.39 is 0 Å². The number of methoxy groups -OCH3 is 1. The molecule has 0 spiro atoms. The van der Waals surface area contributed by atoms with Gasteiger partial charge in [0, 0.05) is 26.2 Å². The van der Waals surface area contributed by atoms with Crippen molar-refractivity contribution in [1.29, 1.82) is 0 Å². The highest BCUT2D eigenvalue weighted by atomic mass is 16.5. The van der Waals surface area contributed by atoms with Crippen LogP contribution in [0, 0.1) is 5.92 Å². The maximum Gasteiger partial charge on any atom is 0.228 e. The van der Waals surface area contributed by atoms with E-state index in [0.717, 1.165) is 50.6 Å². The molecule has 1 fully saturated rings. The van der Waals surface area contributed by atoms with E-state index in [-0.39, 0.29) is 11.8 Å². The third kappa shape index (κ3) is 3.58. The van der Waals surface area contributed by atoms with Crippen molar-refractivity contribution in [3.8, 4) is 5.75 Å². The molecule has 0 aliphatic carbocycles. The quantitative estimate of drug-likeness (QED) is 0.832. The number of amides is 1. The van der Waals surface area contributed by atoms with Crippen LogP contribution in [0.4, 0.5) is 0 Å². The second-order valence-electron chi connectivity index (χ2n) is 7.11. The molecule has 2 aliphatic rings. The zero-order valence-electron chi connectivity index (χ0n) is 15.2. The van der Waals surface area contributed by atoms with Crippen molar-refractivity contribution >= 4 is 5.91 Å². The van der Waals surface area contributed by atoms with Gasteiger partial charge in [-0.25, -0.2) is 9.67 Å². The van der Waals surface area contributed by atoms with Crippen LogP contribution in [0.5, 0.6) is 5.75 Å². The van der Waals surface area contributed by atoms with E-state index in [4.69, 9.17) is 4.74 Å². The number of fused-ring (bicyclic) bond motifs is 1. The van der Waals surface area contributed by atoms with Gasteiger partial charge in [0.2, 0.25) is 5.91 Å². The first-order valence-electron chi connectivity index (χ1n) is 9.23. The van der Waals surface area contributed by atoms with Crippen LogP contribution in [0.3, 0.4) is 0 Å². The number of rotatable bonds is 4. The van der Waals surface area contributed by atoms with Crippen molar-refractivity contribution in [1.82, 2.24) is 24.6 Å². The summed E-state index contributed by atoms with van der Waals surface area (Å²) in [7, 11) is 1.67. The summed E-state index contributed by atoms with van der Waals surface area (Å²) in [4.78, 5) is 21.7. The lowest BCUT2D eigenvalue weighted by molar-refractivity contribution is -0.135. The topological polar surface area (TPSA) is 63.5 Å². The number of carbonyl (C=O) groups excluding carboxylic acids is 1. The Morgan fingerprint density at radius 2 is 1.96 bits per heavy atom. The van der Waals surface area contributed by atoms with Crippen molar-refractivity contribution in [2.75, 3.05) is 26.7 Å². The van der Waals surface area contributed by atoms with Gasteiger partial charge in [0.25, 0.3) is 0 Å². The second kappa shape index (κ2) is 7.45. The Kier molecular flexibility index (Phi) is 4.88. The van der Waals surface area contributed by atoms with E-state index in [1.54, 1.807) is 13.4 Å². The standard InChI is InChI=1S/C19H25N5O2/c1-26-17-6-4-15(5-7-17)10-22-11-16(19(25)23-8-2-3-9-23)12-24-18(13-22)20-14-21-24/h4-7,14,16H,2-3,8-13H2,1H3/t16-/m1/s1. The fourth-order valence-electron chi connectivity index (χ4n) is 3.87. The van der Waals surface area contributed by atoms with Crippen LogP contribution < -0.4 is 4.74 Å². The lowest BCUT2D eigenvalue weighted by Gasteiger charge is -2.26. The molecule has 3 heterocycles. The number of aromatic nitrogens is 3. The van der Waals surface area contributed by atoms with Crippen LogP contribution in [0.25, 0.3) is 0 Å². The van der Waals surface area contributed by atoms with Crippen LogP contribution >= 0.6 is 0 Å². The number of hydrogen-bond donors (Lipinski definition) is 0. The Labute approximate surface area is 153 Å². The van der Waals surface area contributed by atoms with Gasteiger partial charge in [-0.1, -0.05) is 12.1 Å². The van der Waals surface area contributed by atoms with Crippen molar-refractivity contribution in [2.45, 2.75) is 32.5 Å². The van der Waals surface area contributed by atoms with Crippen molar-refractivity contribution in [3.63, 3.8) is 0 Å². The predicted octanol–water partition coefficient (Wildman–Crippen LogP) is 1.54. The molecule has 0 saturated carbocycles. The first-order chi connectivity index (χ1) is 12.7. The highest BCUT2D eigenvalue weighted by molar-refractivity contribution is 5.79. The molecule has 1 atom stereocenters. The van der Waals surface area contributed by atoms with Crippen LogP contribution in [0.1, 0.15) is 24.2 Å². The molecule has 1 saturated heterocycles. The Hall–Kier alpha value is -2.41. The fourth-order valence-corrected chi connectivity index (χ4v) is 3.87. The van der Waals surface area contributed by atoms with Gasteiger partial charge in [0.15, 0.2) is 0 Å². The molecule has 1 aromatic heterocycles. The third-order valence-electron chi connectivity index (χ3n) is 5.26. The molecule has 2 aromatic rings.